The summed E-state index contributed by atoms with van der Waals surface area (Å²) in [5.41, 5.74) is 1.91. The van der Waals surface area contributed by atoms with E-state index in [1.807, 2.05) is 25.1 Å². The Bertz CT molecular complexity index is 896. The Balaban J connectivity index is 1.67. The summed E-state index contributed by atoms with van der Waals surface area (Å²) < 4.78 is 2.06. The molecule has 1 N–H and O–H groups in total. The quantitative estimate of drug-likeness (QED) is 0.586. The number of thioether (sulfide) groups is 1. The number of hydrogen-bond donors (Lipinski definition) is 1. The predicted octanol–water partition coefficient (Wildman–Crippen LogP) is 4.66. The summed E-state index contributed by atoms with van der Waals surface area (Å²) in [5.74, 6) is 0.814. The first-order valence-corrected chi connectivity index (χ1v) is 10.0. The van der Waals surface area contributed by atoms with Crippen molar-refractivity contribution in [2.24, 2.45) is 0 Å². The molecule has 27 heavy (non-hydrogen) atoms. The molecule has 2 aromatic carbocycles. The average molecular weight is 401 g/mol. The molecule has 0 bridgehead atoms. The monoisotopic (exact) mass is 400 g/mol. The number of benzene rings is 2. The van der Waals surface area contributed by atoms with E-state index >= 15 is 0 Å². The molecule has 7 heteroatoms. The van der Waals surface area contributed by atoms with Gasteiger partial charge in [0, 0.05) is 23.7 Å². The Morgan fingerprint density at radius 1 is 1.15 bits per heavy atom. The number of hydrogen-bond acceptors (Lipinski definition) is 4. The van der Waals surface area contributed by atoms with Crippen LogP contribution in [-0.4, -0.2) is 25.9 Å². The topological polar surface area (TPSA) is 59.8 Å². The van der Waals surface area contributed by atoms with E-state index in [2.05, 4.69) is 39.1 Å². The number of rotatable bonds is 7. The van der Waals surface area contributed by atoms with Crippen LogP contribution in [0.4, 0.5) is 5.69 Å². The van der Waals surface area contributed by atoms with E-state index in [1.165, 1.54) is 17.3 Å². The molecule has 1 heterocycles. The highest BCUT2D eigenvalue weighted by molar-refractivity contribution is 8.00. The van der Waals surface area contributed by atoms with Crippen LogP contribution in [0.3, 0.4) is 0 Å². The molecule has 140 valence electrons. The summed E-state index contributed by atoms with van der Waals surface area (Å²) in [5, 5.41) is 12.6. The number of nitrogens with one attached hydrogen (secondary N) is 1. The van der Waals surface area contributed by atoms with Gasteiger partial charge in [-0.2, -0.15) is 0 Å². The zero-order chi connectivity index (χ0) is 19.2. The maximum absolute atomic E-state index is 12.5. The summed E-state index contributed by atoms with van der Waals surface area (Å²) in [6.45, 7) is 4.67. The first-order valence-electron chi connectivity index (χ1n) is 8.76. The number of halogens is 1. The fourth-order valence-electron chi connectivity index (χ4n) is 2.62. The van der Waals surface area contributed by atoms with Crippen LogP contribution in [0.15, 0.2) is 59.8 Å². The lowest BCUT2D eigenvalue weighted by molar-refractivity contribution is -0.115. The molecular weight excluding hydrogens is 380 g/mol. The van der Waals surface area contributed by atoms with Crippen molar-refractivity contribution in [3.63, 3.8) is 0 Å². The van der Waals surface area contributed by atoms with Gasteiger partial charge in [-0.3, -0.25) is 4.79 Å². The molecular formula is C20H21ClN4OS. The van der Waals surface area contributed by atoms with Crippen molar-refractivity contribution in [3.05, 3.63) is 71.0 Å². The number of nitrogens with zero attached hydrogens (tertiary/aromatic N) is 3. The zero-order valence-corrected chi connectivity index (χ0v) is 16.8. The second-order valence-corrected chi connectivity index (χ2v) is 7.81. The van der Waals surface area contributed by atoms with Gasteiger partial charge in [-0.15, -0.1) is 10.2 Å². The summed E-state index contributed by atoms with van der Waals surface area (Å²) in [6, 6.07) is 17.2. The highest BCUT2D eigenvalue weighted by Crippen LogP contribution is 2.24. The fourth-order valence-corrected chi connectivity index (χ4v) is 3.68. The van der Waals surface area contributed by atoms with Crippen molar-refractivity contribution in [1.82, 2.24) is 14.8 Å². The smallest absolute Gasteiger partial charge is 0.237 e. The Kier molecular flexibility index (Phi) is 6.53. The molecule has 0 aliphatic heterocycles. The molecule has 1 aromatic heterocycles. The Hall–Kier alpha value is -2.31. The van der Waals surface area contributed by atoms with E-state index in [0.717, 1.165) is 23.2 Å². The molecule has 0 saturated carbocycles. The van der Waals surface area contributed by atoms with Gasteiger partial charge in [0.15, 0.2) is 5.16 Å². The van der Waals surface area contributed by atoms with Gasteiger partial charge in [-0.05, 0) is 43.7 Å². The largest absolute Gasteiger partial charge is 0.325 e. The minimum absolute atomic E-state index is 0.0856. The van der Waals surface area contributed by atoms with Gasteiger partial charge >= 0.3 is 0 Å². The lowest BCUT2D eigenvalue weighted by Gasteiger charge is -2.13. The van der Waals surface area contributed by atoms with Gasteiger partial charge in [0.25, 0.3) is 0 Å². The van der Waals surface area contributed by atoms with Crippen molar-refractivity contribution in [2.45, 2.75) is 37.2 Å². The summed E-state index contributed by atoms with van der Waals surface area (Å²) in [6.07, 6.45) is 0.716. The molecule has 0 radical (unpaired) electrons. The van der Waals surface area contributed by atoms with Crippen molar-refractivity contribution < 1.29 is 4.79 Å². The third-order valence-electron chi connectivity index (χ3n) is 4.08. The first-order chi connectivity index (χ1) is 13.1. The first kappa shape index (κ1) is 19.5. The van der Waals surface area contributed by atoms with Crippen LogP contribution in [0.25, 0.3) is 0 Å². The van der Waals surface area contributed by atoms with Crippen LogP contribution >= 0.6 is 23.4 Å². The summed E-state index contributed by atoms with van der Waals surface area (Å²) in [4.78, 5) is 12.5. The highest BCUT2D eigenvalue weighted by atomic mass is 35.5. The van der Waals surface area contributed by atoms with Crippen molar-refractivity contribution >= 4 is 35.0 Å². The fraction of sp³-hybridized carbons (Fsp3) is 0.250. The van der Waals surface area contributed by atoms with E-state index in [0.29, 0.717) is 11.4 Å². The molecule has 0 aliphatic carbocycles. The van der Waals surface area contributed by atoms with Crippen LogP contribution in [0.5, 0.6) is 0 Å². The standard InChI is InChI=1S/C20H21ClN4OS/c1-3-25-18(13-15-7-5-4-6-8-15)23-24-20(25)27-14(2)19(26)22-17-11-9-16(21)10-12-17/h4-12,14H,3,13H2,1-2H3,(H,22,26). The molecule has 3 aromatic rings. The van der Waals surface area contributed by atoms with Crippen LogP contribution in [0, 0.1) is 0 Å². The van der Waals surface area contributed by atoms with Gasteiger partial charge in [-0.25, -0.2) is 0 Å². The van der Waals surface area contributed by atoms with Gasteiger partial charge < -0.3 is 9.88 Å². The van der Waals surface area contributed by atoms with Crippen LogP contribution in [0.1, 0.15) is 25.2 Å². The van der Waals surface area contributed by atoms with Gasteiger partial charge in [0.05, 0.1) is 5.25 Å². The number of amides is 1. The van der Waals surface area contributed by atoms with Crippen LogP contribution < -0.4 is 5.32 Å². The van der Waals surface area contributed by atoms with Crippen LogP contribution in [0.2, 0.25) is 5.02 Å². The van der Waals surface area contributed by atoms with Gasteiger partial charge in [0.1, 0.15) is 5.82 Å². The third-order valence-corrected chi connectivity index (χ3v) is 5.41. The summed E-state index contributed by atoms with van der Waals surface area (Å²) in [7, 11) is 0. The number of carbonyl (C=O) groups excluding carboxylic acids is 1. The molecule has 1 unspecified atom stereocenters. The molecule has 0 spiro atoms. The van der Waals surface area contributed by atoms with E-state index in [4.69, 9.17) is 11.6 Å². The van der Waals surface area contributed by atoms with E-state index in [9.17, 15) is 4.79 Å². The minimum Gasteiger partial charge on any atom is -0.325 e. The second-order valence-electron chi connectivity index (χ2n) is 6.06. The molecule has 3 rings (SSSR count). The highest BCUT2D eigenvalue weighted by Gasteiger charge is 2.20. The molecule has 0 saturated heterocycles. The number of carbonyl (C=O) groups is 1. The number of aromatic nitrogens is 3. The Morgan fingerprint density at radius 2 is 1.85 bits per heavy atom. The third kappa shape index (κ3) is 5.11. The van der Waals surface area contributed by atoms with E-state index in [-0.39, 0.29) is 11.2 Å². The molecule has 1 atom stereocenters. The molecule has 0 aliphatic rings. The lowest BCUT2D eigenvalue weighted by atomic mass is 10.1. The van der Waals surface area contributed by atoms with Crippen molar-refractivity contribution in [2.75, 3.05) is 5.32 Å². The van der Waals surface area contributed by atoms with E-state index in [1.54, 1.807) is 24.3 Å². The second kappa shape index (κ2) is 9.06. The predicted molar refractivity (Wildman–Crippen MR) is 110 cm³/mol. The molecule has 5 nitrogen and oxygen atoms in total. The Morgan fingerprint density at radius 3 is 2.52 bits per heavy atom. The average Bonchev–Trinajstić information content (AvgIpc) is 3.05. The van der Waals surface area contributed by atoms with E-state index < -0.39 is 0 Å². The van der Waals surface area contributed by atoms with Crippen LogP contribution in [-0.2, 0) is 17.8 Å². The summed E-state index contributed by atoms with van der Waals surface area (Å²) >= 11 is 7.28. The minimum atomic E-state index is -0.306. The maximum Gasteiger partial charge on any atom is 0.237 e. The SMILES string of the molecule is CCn1c(Cc2ccccc2)nnc1SC(C)C(=O)Nc1ccc(Cl)cc1. The Labute approximate surface area is 168 Å². The normalized spacial score (nSPS) is 12.0. The molecule has 0 fully saturated rings. The maximum atomic E-state index is 12.5. The number of anilines is 1. The van der Waals surface area contributed by atoms with Gasteiger partial charge in [-0.1, -0.05) is 53.7 Å². The zero-order valence-electron chi connectivity index (χ0n) is 15.2. The lowest BCUT2D eigenvalue weighted by Crippen LogP contribution is -2.23. The molecule has 1 amide bonds. The van der Waals surface area contributed by atoms with Crippen molar-refractivity contribution in [1.29, 1.82) is 0 Å². The van der Waals surface area contributed by atoms with Gasteiger partial charge in [0.2, 0.25) is 5.91 Å². The van der Waals surface area contributed by atoms with Crippen molar-refractivity contribution in [3.8, 4) is 0 Å².